The van der Waals surface area contributed by atoms with Crippen molar-refractivity contribution in [3.05, 3.63) is 76.0 Å². The van der Waals surface area contributed by atoms with E-state index in [0.717, 1.165) is 17.0 Å². The molecule has 3 aromatic rings. The number of amides is 2. The molecule has 1 aromatic heterocycles. The van der Waals surface area contributed by atoms with Gasteiger partial charge in [-0.2, -0.15) is 0 Å². The van der Waals surface area contributed by atoms with E-state index in [1.807, 2.05) is 17.5 Å². The van der Waals surface area contributed by atoms with Crippen LogP contribution in [0.25, 0.3) is 11.1 Å². The smallest absolute Gasteiger partial charge is 0.273 e. The second-order valence-corrected chi connectivity index (χ2v) is 8.29. The maximum Gasteiger partial charge on any atom is 0.273 e. The highest BCUT2D eigenvalue weighted by Crippen LogP contribution is 2.39. The van der Waals surface area contributed by atoms with Gasteiger partial charge in [0.15, 0.2) is 0 Å². The number of phenolic OH excluding ortho intramolecular Hbond substituents is 1. The van der Waals surface area contributed by atoms with E-state index in [4.69, 9.17) is 0 Å². The van der Waals surface area contributed by atoms with E-state index in [0.29, 0.717) is 5.56 Å². The molecule has 0 bridgehead atoms. The number of hydrazine groups is 1. The Morgan fingerprint density at radius 3 is 2.72 bits per heavy atom. The molecule has 1 saturated heterocycles. The summed E-state index contributed by atoms with van der Waals surface area (Å²) in [4.78, 5) is 25.9. The highest BCUT2D eigenvalue weighted by Gasteiger charge is 2.35. The highest BCUT2D eigenvalue weighted by atomic mass is 32.2. The van der Waals surface area contributed by atoms with Crippen LogP contribution >= 0.6 is 23.1 Å². The zero-order valence-corrected chi connectivity index (χ0v) is 16.4. The van der Waals surface area contributed by atoms with Crippen LogP contribution in [0.3, 0.4) is 0 Å². The van der Waals surface area contributed by atoms with Crippen LogP contribution < -0.4 is 5.43 Å². The number of phenols is 1. The lowest BCUT2D eigenvalue weighted by molar-refractivity contribution is -0.130. The van der Waals surface area contributed by atoms with Gasteiger partial charge >= 0.3 is 0 Å². The average Bonchev–Trinajstić information content (AvgIpc) is 3.33. The van der Waals surface area contributed by atoms with Gasteiger partial charge in [0.25, 0.3) is 11.8 Å². The van der Waals surface area contributed by atoms with E-state index in [-0.39, 0.29) is 33.9 Å². The number of hydrogen-bond donors (Lipinski definition) is 2. The van der Waals surface area contributed by atoms with E-state index >= 15 is 0 Å². The van der Waals surface area contributed by atoms with Gasteiger partial charge in [0.05, 0.1) is 11.3 Å². The summed E-state index contributed by atoms with van der Waals surface area (Å²) in [6, 6.07) is 10.8. The van der Waals surface area contributed by atoms with Crippen LogP contribution in [0.2, 0.25) is 0 Å². The number of benzene rings is 2. The Labute approximate surface area is 172 Å². The summed E-state index contributed by atoms with van der Waals surface area (Å²) in [6.45, 7) is 0. The van der Waals surface area contributed by atoms with Crippen molar-refractivity contribution >= 4 is 34.9 Å². The van der Waals surface area contributed by atoms with Crippen LogP contribution in [0.4, 0.5) is 8.78 Å². The molecule has 1 aliphatic heterocycles. The molecule has 5 nitrogen and oxygen atoms in total. The minimum absolute atomic E-state index is 0.0877. The molecule has 0 aliphatic carbocycles. The molecule has 2 amide bonds. The van der Waals surface area contributed by atoms with Gasteiger partial charge in [-0.1, -0.05) is 12.1 Å². The van der Waals surface area contributed by atoms with Gasteiger partial charge < -0.3 is 5.11 Å². The van der Waals surface area contributed by atoms with Crippen molar-refractivity contribution in [2.24, 2.45) is 0 Å². The van der Waals surface area contributed by atoms with Crippen LogP contribution in [0.15, 0.2) is 53.9 Å². The molecule has 2 aromatic carbocycles. The summed E-state index contributed by atoms with van der Waals surface area (Å²) < 4.78 is 27.3. The number of nitrogens with one attached hydrogen (secondary N) is 1. The first-order chi connectivity index (χ1) is 13.9. The fourth-order valence-corrected chi connectivity index (χ4v) is 5.03. The molecule has 1 atom stereocenters. The third-order valence-electron chi connectivity index (χ3n) is 4.36. The Hall–Kier alpha value is -2.91. The minimum Gasteiger partial charge on any atom is -0.507 e. The van der Waals surface area contributed by atoms with Crippen LogP contribution in [-0.2, 0) is 4.79 Å². The maximum atomic E-state index is 14.1. The van der Waals surface area contributed by atoms with Crippen molar-refractivity contribution in [2.75, 3.05) is 5.75 Å². The Bertz CT molecular complexity index is 1090. The molecular weight excluding hydrogens is 418 g/mol. The number of carbonyl (C=O) groups is 2. The van der Waals surface area contributed by atoms with Gasteiger partial charge in [0.2, 0.25) is 0 Å². The molecule has 2 N–H and O–H groups in total. The third kappa shape index (κ3) is 3.83. The summed E-state index contributed by atoms with van der Waals surface area (Å²) in [5.41, 5.74) is 2.80. The maximum absolute atomic E-state index is 14.1. The van der Waals surface area contributed by atoms with E-state index in [9.17, 15) is 23.5 Å². The zero-order valence-electron chi connectivity index (χ0n) is 14.8. The monoisotopic (exact) mass is 432 g/mol. The molecule has 1 fully saturated rings. The highest BCUT2D eigenvalue weighted by molar-refractivity contribution is 8.00. The summed E-state index contributed by atoms with van der Waals surface area (Å²) in [5, 5.41) is 12.9. The van der Waals surface area contributed by atoms with Crippen molar-refractivity contribution in [1.29, 1.82) is 0 Å². The zero-order chi connectivity index (χ0) is 20.5. The van der Waals surface area contributed by atoms with Crippen molar-refractivity contribution in [3.8, 4) is 16.9 Å². The Balaban J connectivity index is 1.62. The van der Waals surface area contributed by atoms with E-state index < -0.39 is 17.5 Å². The van der Waals surface area contributed by atoms with Crippen molar-refractivity contribution in [3.63, 3.8) is 0 Å². The average molecular weight is 432 g/mol. The second-order valence-electron chi connectivity index (χ2n) is 6.24. The van der Waals surface area contributed by atoms with Gasteiger partial charge in [-0.25, -0.2) is 13.8 Å². The van der Waals surface area contributed by atoms with E-state index in [2.05, 4.69) is 5.43 Å². The van der Waals surface area contributed by atoms with Crippen LogP contribution in [0.5, 0.6) is 5.75 Å². The van der Waals surface area contributed by atoms with Gasteiger partial charge in [0.1, 0.15) is 22.8 Å². The topological polar surface area (TPSA) is 69.6 Å². The van der Waals surface area contributed by atoms with Crippen molar-refractivity contribution in [1.82, 2.24) is 10.4 Å². The summed E-state index contributed by atoms with van der Waals surface area (Å²) in [5.74, 6) is -2.57. The number of halogens is 2. The van der Waals surface area contributed by atoms with Crippen LogP contribution in [-0.4, -0.2) is 27.7 Å². The molecule has 0 saturated carbocycles. The SMILES string of the molecule is O=C(NN1C(=O)CSC1c1cccs1)c1cc(-c2ccc(F)cc2F)ccc1O. The molecule has 0 spiro atoms. The number of thiophene rings is 1. The molecule has 2 heterocycles. The summed E-state index contributed by atoms with van der Waals surface area (Å²) in [6.07, 6.45) is 0. The van der Waals surface area contributed by atoms with E-state index in [1.54, 1.807) is 0 Å². The Morgan fingerprint density at radius 2 is 2.00 bits per heavy atom. The van der Waals surface area contributed by atoms with Crippen molar-refractivity contribution < 1.29 is 23.5 Å². The predicted octanol–water partition coefficient (Wildman–Crippen LogP) is 4.32. The lowest BCUT2D eigenvalue weighted by atomic mass is 10.0. The van der Waals surface area contributed by atoms with E-state index in [1.165, 1.54) is 52.4 Å². The molecule has 148 valence electrons. The Morgan fingerprint density at radius 1 is 1.17 bits per heavy atom. The van der Waals surface area contributed by atoms with Crippen molar-refractivity contribution in [2.45, 2.75) is 5.37 Å². The first-order valence-electron chi connectivity index (χ1n) is 8.50. The molecule has 9 heteroatoms. The number of hydrogen-bond acceptors (Lipinski definition) is 5. The number of thioether (sulfide) groups is 1. The number of rotatable bonds is 4. The molecule has 0 radical (unpaired) electrons. The summed E-state index contributed by atoms with van der Waals surface area (Å²) >= 11 is 2.85. The fraction of sp³-hybridized carbons (Fsp3) is 0.100. The minimum atomic E-state index is -0.786. The lowest BCUT2D eigenvalue weighted by Gasteiger charge is -2.23. The largest absolute Gasteiger partial charge is 0.507 e. The second kappa shape index (κ2) is 7.84. The van der Waals surface area contributed by atoms with Gasteiger partial charge in [-0.15, -0.1) is 23.1 Å². The normalized spacial score (nSPS) is 16.3. The molecular formula is C20H14F2N2O3S2. The number of carbonyl (C=O) groups excluding carboxylic acids is 2. The lowest BCUT2D eigenvalue weighted by Crippen LogP contribution is -2.44. The number of aromatic hydroxyl groups is 1. The fourth-order valence-electron chi connectivity index (χ4n) is 2.97. The predicted molar refractivity (Wildman–Crippen MR) is 107 cm³/mol. The van der Waals surface area contributed by atoms with Gasteiger partial charge in [-0.3, -0.25) is 15.0 Å². The Kier molecular flexibility index (Phi) is 5.25. The molecule has 1 unspecified atom stereocenters. The molecule has 1 aliphatic rings. The standard InChI is InChI=1S/C20H14F2N2O3S2/c21-12-4-5-13(15(22)9-12)11-3-6-16(25)14(8-11)19(27)23-24-18(26)10-29-20(24)17-2-1-7-28-17/h1-9,20,25H,10H2,(H,23,27). The number of nitrogens with zero attached hydrogens (tertiary/aromatic N) is 1. The quantitative estimate of drug-likeness (QED) is 0.644. The van der Waals surface area contributed by atoms with Crippen LogP contribution in [0, 0.1) is 11.6 Å². The first-order valence-corrected chi connectivity index (χ1v) is 10.4. The first kappa shape index (κ1) is 19.4. The third-order valence-corrected chi connectivity index (χ3v) is 6.63. The van der Waals surface area contributed by atoms with Crippen LogP contribution in [0.1, 0.15) is 20.6 Å². The molecule has 4 rings (SSSR count). The molecule has 29 heavy (non-hydrogen) atoms. The summed E-state index contributed by atoms with van der Waals surface area (Å²) in [7, 11) is 0. The van der Waals surface area contributed by atoms with Gasteiger partial charge in [0, 0.05) is 16.5 Å². The van der Waals surface area contributed by atoms with Gasteiger partial charge in [-0.05, 0) is 41.3 Å².